The highest BCUT2D eigenvalue weighted by Crippen LogP contribution is 2.33. The van der Waals surface area contributed by atoms with Gasteiger partial charge in [0.25, 0.3) is 0 Å². The van der Waals surface area contributed by atoms with E-state index in [4.69, 9.17) is 5.73 Å². The number of hydrogen-bond acceptors (Lipinski definition) is 2. The summed E-state index contributed by atoms with van der Waals surface area (Å²) in [7, 11) is 2.24. The lowest BCUT2D eigenvalue weighted by Gasteiger charge is -2.39. The summed E-state index contributed by atoms with van der Waals surface area (Å²) in [5, 5.41) is 0. The summed E-state index contributed by atoms with van der Waals surface area (Å²) in [6, 6.07) is 9.43. The van der Waals surface area contributed by atoms with Gasteiger partial charge in [0.2, 0.25) is 0 Å². The standard InChI is InChI=1S/C16H25BrN2/c1-12-6-5-7-13(10-12)19(2)16(11-18)14-8-3-4-9-15(14)17/h3-4,8-9,12-13,16H,5-7,10-11,18H2,1-2H3. The third kappa shape index (κ3) is 3.59. The molecule has 1 aliphatic carbocycles. The second-order valence-corrected chi connectivity index (χ2v) is 6.72. The van der Waals surface area contributed by atoms with Crippen LogP contribution in [0.15, 0.2) is 28.7 Å². The molecule has 3 atom stereocenters. The summed E-state index contributed by atoms with van der Waals surface area (Å²) in [4.78, 5) is 2.50. The molecule has 0 aliphatic heterocycles. The van der Waals surface area contributed by atoms with E-state index in [9.17, 15) is 0 Å². The Balaban J connectivity index is 2.15. The quantitative estimate of drug-likeness (QED) is 0.908. The summed E-state index contributed by atoms with van der Waals surface area (Å²) < 4.78 is 1.17. The highest BCUT2D eigenvalue weighted by Gasteiger charge is 2.28. The molecular formula is C16H25BrN2. The van der Waals surface area contributed by atoms with Gasteiger partial charge in [-0.25, -0.2) is 0 Å². The van der Waals surface area contributed by atoms with Crippen LogP contribution in [0.1, 0.15) is 44.2 Å². The van der Waals surface area contributed by atoms with Crippen LogP contribution in [0.4, 0.5) is 0 Å². The third-order valence-electron chi connectivity index (χ3n) is 4.46. The van der Waals surface area contributed by atoms with Crippen LogP contribution in [-0.2, 0) is 0 Å². The molecule has 0 bridgehead atoms. The van der Waals surface area contributed by atoms with E-state index in [1.807, 2.05) is 0 Å². The molecule has 1 saturated carbocycles. The Morgan fingerprint density at radius 2 is 2.11 bits per heavy atom. The lowest BCUT2D eigenvalue weighted by Crippen LogP contribution is -2.41. The fraction of sp³-hybridized carbons (Fsp3) is 0.625. The van der Waals surface area contributed by atoms with Crippen molar-refractivity contribution in [1.82, 2.24) is 4.90 Å². The molecule has 0 aromatic heterocycles. The molecule has 3 heteroatoms. The van der Waals surface area contributed by atoms with E-state index >= 15 is 0 Å². The molecule has 0 amide bonds. The molecule has 0 heterocycles. The SMILES string of the molecule is CC1CCCC(N(C)C(CN)c2ccccc2Br)C1. The minimum absolute atomic E-state index is 0.311. The number of nitrogens with zero attached hydrogens (tertiary/aromatic N) is 1. The number of hydrogen-bond donors (Lipinski definition) is 1. The zero-order chi connectivity index (χ0) is 13.8. The molecule has 2 rings (SSSR count). The van der Waals surface area contributed by atoms with Crippen molar-refractivity contribution < 1.29 is 0 Å². The van der Waals surface area contributed by atoms with Crippen LogP contribution < -0.4 is 5.73 Å². The lowest BCUT2D eigenvalue weighted by molar-refractivity contribution is 0.121. The molecule has 3 unspecified atom stereocenters. The molecule has 0 saturated heterocycles. The van der Waals surface area contributed by atoms with E-state index in [1.54, 1.807) is 0 Å². The van der Waals surface area contributed by atoms with Crippen LogP contribution >= 0.6 is 15.9 Å². The van der Waals surface area contributed by atoms with E-state index < -0.39 is 0 Å². The Hall–Kier alpha value is -0.380. The van der Waals surface area contributed by atoms with Gasteiger partial charge in [0.1, 0.15) is 0 Å². The van der Waals surface area contributed by atoms with Crippen LogP contribution in [-0.4, -0.2) is 24.5 Å². The van der Waals surface area contributed by atoms with Gasteiger partial charge in [0.15, 0.2) is 0 Å². The lowest BCUT2D eigenvalue weighted by atomic mass is 9.85. The molecule has 106 valence electrons. The van der Waals surface area contributed by atoms with Crippen molar-refractivity contribution >= 4 is 15.9 Å². The molecule has 2 nitrogen and oxygen atoms in total. The topological polar surface area (TPSA) is 29.3 Å². The zero-order valence-corrected chi connectivity index (χ0v) is 13.6. The highest BCUT2D eigenvalue weighted by molar-refractivity contribution is 9.10. The van der Waals surface area contributed by atoms with Crippen molar-refractivity contribution in [2.75, 3.05) is 13.6 Å². The number of rotatable bonds is 4. The first-order valence-electron chi connectivity index (χ1n) is 7.30. The Bertz CT molecular complexity index is 407. The smallest absolute Gasteiger partial charge is 0.0481 e. The monoisotopic (exact) mass is 324 g/mol. The van der Waals surface area contributed by atoms with Crippen molar-refractivity contribution in [2.24, 2.45) is 11.7 Å². The molecule has 1 aromatic rings. The summed E-state index contributed by atoms with van der Waals surface area (Å²) >= 11 is 3.66. The van der Waals surface area contributed by atoms with Crippen LogP contribution in [0.5, 0.6) is 0 Å². The zero-order valence-electron chi connectivity index (χ0n) is 12.0. The first-order chi connectivity index (χ1) is 9.13. The summed E-state index contributed by atoms with van der Waals surface area (Å²) in [6.45, 7) is 3.04. The van der Waals surface area contributed by atoms with E-state index in [2.05, 4.69) is 59.1 Å². The van der Waals surface area contributed by atoms with Gasteiger partial charge in [-0.1, -0.05) is 53.9 Å². The van der Waals surface area contributed by atoms with Gasteiger partial charge < -0.3 is 5.73 Å². The number of benzene rings is 1. The van der Waals surface area contributed by atoms with Gasteiger partial charge in [-0.05, 0) is 37.4 Å². The van der Waals surface area contributed by atoms with Crippen LogP contribution in [0.3, 0.4) is 0 Å². The second kappa shape index (κ2) is 6.87. The molecule has 0 spiro atoms. The summed E-state index contributed by atoms with van der Waals surface area (Å²) in [5.74, 6) is 0.846. The number of halogens is 1. The third-order valence-corrected chi connectivity index (χ3v) is 5.19. The maximum absolute atomic E-state index is 6.05. The molecule has 1 aliphatic rings. The van der Waals surface area contributed by atoms with E-state index in [0.717, 1.165) is 5.92 Å². The van der Waals surface area contributed by atoms with Gasteiger partial charge in [-0.15, -0.1) is 0 Å². The Labute approximate surface area is 125 Å². The number of nitrogens with two attached hydrogens (primary N) is 1. The maximum atomic E-state index is 6.05. The van der Waals surface area contributed by atoms with Crippen molar-refractivity contribution in [3.05, 3.63) is 34.3 Å². The minimum atomic E-state index is 0.311. The Morgan fingerprint density at radius 3 is 2.74 bits per heavy atom. The van der Waals surface area contributed by atoms with E-state index in [-0.39, 0.29) is 0 Å². The predicted octanol–water partition coefficient (Wildman–Crippen LogP) is 3.96. The molecule has 1 aromatic carbocycles. The Kier molecular flexibility index (Phi) is 5.43. The molecule has 1 fully saturated rings. The molecule has 19 heavy (non-hydrogen) atoms. The minimum Gasteiger partial charge on any atom is -0.329 e. The van der Waals surface area contributed by atoms with Gasteiger partial charge in [0, 0.05) is 23.1 Å². The van der Waals surface area contributed by atoms with Gasteiger partial charge in [0.05, 0.1) is 0 Å². The summed E-state index contributed by atoms with van der Waals surface area (Å²) in [5.41, 5.74) is 7.36. The predicted molar refractivity (Wildman–Crippen MR) is 85.1 cm³/mol. The first kappa shape index (κ1) is 15.0. The highest BCUT2D eigenvalue weighted by atomic mass is 79.9. The van der Waals surface area contributed by atoms with Crippen molar-refractivity contribution in [1.29, 1.82) is 0 Å². The number of likely N-dealkylation sites (N-methyl/N-ethyl adjacent to an activating group) is 1. The largest absolute Gasteiger partial charge is 0.329 e. The average Bonchev–Trinajstić information content (AvgIpc) is 2.41. The van der Waals surface area contributed by atoms with E-state index in [1.165, 1.54) is 35.7 Å². The molecule has 2 N–H and O–H groups in total. The van der Waals surface area contributed by atoms with Crippen molar-refractivity contribution in [3.8, 4) is 0 Å². The summed E-state index contributed by atoms with van der Waals surface area (Å²) in [6.07, 6.45) is 5.34. The van der Waals surface area contributed by atoms with E-state index in [0.29, 0.717) is 18.6 Å². The van der Waals surface area contributed by atoms with Gasteiger partial charge in [-0.3, -0.25) is 4.90 Å². The average molecular weight is 325 g/mol. The van der Waals surface area contributed by atoms with Crippen LogP contribution in [0, 0.1) is 5.92 Å². The maximum Gasteiger partial charge on any atom is 0.0481 e. The van der Waals surface area contributed by atoms with Crippen molar-refractivity contribution in [2.45, 2.75) is 44.7 Å². The second-order valence-electron chi connectivity index (χ2n) is 5.86. The molecular weight excluding hydrogens is 300 g/mol. The fourth-order valence-electron chi connectivity index (χ4n) is 3.28. The fourth-order valence-corrected chi connectivity index (χ4v) is 3.83. The van der Waals surface area contributed by atoms with Crippen LogP contribution in [0.2, 0.25) is 0 Å². The van der Waals surface area contributed by atoms with Gasteiger partial charge in [-0.2, -0.15) is 0 Å². The van der Waals surface area contributed by atoms with Crippen molar-refractivity contribution in [3.63, 3.8) is 0 Å². The van der Waals surface area contributed by atoms with Crippen LogP contribution in [0.25, 0.3) is 0 Å². The molecule has 0 radical (unpaired) electrons. The Morgan fingerprint density at radius 1 is 1.37 bits per heavy atom. The first-order valence-corrected chi connectivity index (χ1v) is 8.09. The van der Waals surface area contributed by atoms with Gasteiger partial charge >= 0.3 is 0 Å². The normalized spacial score (nSPS) is 25.5.